The van der Waals surface area contributed by atoms with E-state index in [4.69, 9.17) is 16.3 Å². The third-order valence-electron chi connectivity index (χ3n) is 4.69. The van der Waals surface area contributed by atoms with Gasteiger partial charge < -0.3 is 15.4 Å². The number of hydrogen-bond acceptors (Lipinski definition) is 5. The molecule has 1 aromatic carbocycles. The average molecular weight is 395 g/mol. The topological polar surface area (TPSA) is 102 Å². The molecule has 27 heavy (non-hydrogen) atoms. The molecular formula is C19H23ClN2O5. The molecule has 0 bridgehead atoms. The monoisotopic (exact) mass is 394 g/mol. The van der Waals surface area contributed by atoms with E-state index >= 15 is 0 Å². The van der Waals surface area contributed by atoms with Crippen LogP contribution in [0.3, 0.4) is 0 Å². The van der Waals surface area contributed by atoms with Crippen molar-refractivity contribution in [2.75, 3.05) is 5.32 Å². The maximum absolute atomic E-state index is 12.8. The van der Waals surface area contributed by atoms with Crippen molar-refractivity contribution < 1.29 is 23.9 Å². The standard InChI is InChI=1S/C19H23ClN2O5/c1-9-16(27-18(9)26)19(4,5)15(24)10(2)21-17(25)13-8-12(20)6-7-14(13)22-11(3)23/h6-10,16H,1-5H3,(H,21,25)(H,22,23). The van der Waals surface area contributed by atoms with Crippen LogP contribution in [0.5, 0.6) is 0 Å². The number of cyclic esters (lactones) is 1. The van der Waals surface area contributed by atoms with Crippen LogP contribution in [0.2, 0.25) is 5.02 Å². The fourth-order valence-corrected chi connectivity index (χ4v) is 3.37. The Hall–Kier alpha value is -2.41. The normalized spacial score (nSPS) is 20.1. The van der Waals surface area contributed by atoms with Crippen molar-refractivity contribution in [1.29, 1.82) is 0 Å². The molecule has 2 amide bonds. The zero-order valence-electron chi connectivity index (χ0n) is 15.9. The van der Waals surface area contributed by atoms with Crippen LogP contribution in [-0.2, 0) is 19.1 Å². The first-order chi connectivity index (χ1) is 12.4. The Morgan fingerprint density at radius 3 is 2.41 bits per heavy atom. The minimum atomic E-state index is -0.950. The van der Waals surface area contributed by atoms with Gasteiger partial charge in [-0.3, -0.25) is 19.2 Å². The van der Waals surface area contributed by atoms with Crippen molar-refractivity contribution in [3.8, 4) is 0 Å². The second-order valence-electron chi connectivity index (χ2n) is 7.30. The molecule has 3 unspecified atom stereocenters. The van der Waals surface area contributed by atoms with E-state index in [1.165, 1.54) is 19.1 Å². The van der Waals surface area contributed by atoms with Gasteiger partial charge in [0.25, 0.3) is 5.91 Å². The van der Waals surface area contributed by atoms with Gasteiger partial charge in [-0.25, -0.2) is 0 Å². The van der Waals surface area contributed by atoms with Crippen molar-refractivity contribution in [3.63, 3.8) is 0 Å². The Bertz CT molecular complexity index is 805. The molecule has 1 saturated heterocycles. The smallest absolute Gasteiger partial charge is 0.312 e. The van der Waals surface area contributed by atoms with Crippen LogP contribution >= 0.6 is 11.6 Å². The fourth-order valence-electron chi connectivity index (χ4n) is 3.20. The summed E-state index contributed by atoms with van der Waals surface area (Å²) in [6.07, 6.45) is -0.530. The quantitative estimate of drug-likeness (QED) is 0.722. The van der Waals surface area contributed by atoms with Gasteiger partial charge in [-0.15, -0.1) is 0 Å². The summed E-state index contributed by atoms with van der Waals surface area (Å²) >= 11 is 5.96. The molecule has 1 aliphatic heterocycles. The fraction of sp³-hybridized carbons (Fsp3) is 0.474. The van der Waals surface area contributed by atoms with E-state index in [9.17, 15) is 19.2 Å². The first kappa shape index (κ1) is 20.9. The first-order valence-corrected chi connectivity index (χ1v) is 8.95. The lowest BCUT2D eigenvalue weighted by Gasteiger charge is -2.43. The molecule has 8 heteroatoms. The van der Waals surface area contributed by atoms with Crippen molar-refractivity contribution in [2.45, 2.75) is 46.8 Å². The highest BCUT2D eigenvalue weighted by atomic mass is 35.5. The van der Waals surface area contributed by atoms with E-state index in [-0.39, 0.29) is 29.1 Å². The molecule has 2 rings (SSSR count). The van der Waals surface area contributed by atoms with Crippen molar-refractivity contribution in [3.05, 3.63) is 28.8 Å². The summed E-state index contributed by atoms with van der Waals surface area (Å²) in [5, 5.41) is 5.52. The molecule has 0 aromatic heterocycles. The highest BCUT2D eigenvalue weighted by molar-refractivity contribution is 6.31. The Labute approximate surface area is 162 Å². The highest BCUT2D eigenvalue weighted by Crippen LogP contribution is 2.38. The highest BCUT2D eigenvalue weighted by Gasteiger charge is 2.52. The number of anilines is 1. The minimum Gasteiger partial charge on any atom is -0.460 e. The molecule has 1 heterocycles. The lowest BCUT2D eigenvalue weighted by molar-refractivity contribution is -0.198. The van der Waals surface area contributed by atoms with E-state index in [1.807, 2.05) is 0 Å². The molecular weight excluding hydrogens is 372 g/mol. The van der Waals surface area contributed by atoms with Crippen LogP contribution in [0, 0.1) is 11.3 Å². The number of carbonyl (C=O) groups is 4. The second kappa shape index (κ2) is 7.68. The van der Waals surface area contributed by atoms with Gasteiger partial charge in [0, 0.05) is 11.9 Å². The van der Waals surface area contributed by atoms with Crippen LogP contribution in [0.15, 0.2) is 18.2 Å². The van der Waals surface area contributed by atoms with E-state index in [1.54, 1.807) is 33.8 Å². The van der Waals surface area contributed by atoms with E-state index in [0.29, 0.717) is 10.7 Å². The third-order valence-corrected chi connectivity index (χ3v) is 4.93. The van der Waals surface area contributed by atoms with Crippen molar-refractivity contribution in [2.24, 2.45) is 11.3 Å². The lowest BCUT2D eigenvalue weighted by atomic mass is 9.72. The number of esters is 1. The van der Waals surface area contributed by atoms with Gasteiger partial charge in [-0.1, -0.05) is 11.6 Å². The Balaban J connectivity index is 2.15. The van der Waals surface area contributed by atoms with Crippen LogP contribution < -0.4 is 10.6 Å². The maximum atomic E-state index is 12.8. The van der Waals surface area contributed by atoms with Crippen LogP contribution in [-0.4, -0.2) is 35.7 Å². The van der Waals surface area contributed by atoms with Crippen LogP contribution in [0.25, 0.3) is 0 Å². The van der Waals surface area contributed by atoms with Crippen LogP contribution in [0.1, 0.15) is 45.0 Å². The zero-order chi connectivity index (χ0) is 20.5. The van der Waals surface area contributed by atoms with Crippen molar-refractivity contribution >= 4 is 40.9 Å². The van der Waals surface area contributed by atoms with Gasteiger partial charge in [0.1, 0.15) is 6.10 Å². The molecule has 2 N–H and O–H groups in total. The largest absolute Gasteiger partial charge is 0.460 e. The molecule has 0 spiro atoms. The summed E-state index contributed by atoms with van der Waals surface area (Å²) in [4.78, 5) is 48.2. The van der Waals surface area contributed by atoms with Crippen LogP contribution in [0.4, 0.5) is 5.69 Å². The summed E-state index contributed by atoms with van der Waals surface area (Å²) in [7, 11) is 0. The number of carbonyl (C=O) groups excluding carboxylic acids is 4. The summed E-state index contributed by atoms with van der Waals surface area (Å²) in [6.45, 7) is 7.98. The summed E-state index contributed by atoms with van der Waals surface area (Å²) in [5.41, 5.74) is -0.502. The molecule has 1 aliphatic rings. The summed E-state index contributed by atoms with van der Waals surface area (Å²) in [5.74, 6) is -1.85. The number of benzene rings is 1. The number of ketones is 1. The Morgan fingerprint density at radius 1 is 1.26 bits per heavy atom. The predicted octanol–water partition coefficient (Wildman–Crippen LogP) is 2.57. The number of rotatable bonds is 6. The molecule has 146 valence electrons. The van der Waals surface area contributed by atoms with Gasteiger partial charge in [0.15, 0.2) is 5.78 Å². The maximum Gasteiger partial charge on any atom is 0.312 e. The lowest BCUT2D eigenvalue weighted by Crippen LogP contribution is -2.58. The molecule has 0 saturated carbocycles. The summed E-state index contributed by atoms with van der Waals surface area (Å²) in [6, 6.07) is 3.65. The van der Waals surface area contributed by atoms with Gasteiger partial charge in [-0.05, 0) is 45.9 Å². The Morgan fingerprint density at radius 2 is 1.89 bits per heavy atom. The molecule has 7 nitrogen and oxygen atoms in total. The number of halogens is 1. The SMILES string of the molecule is CC(=O)Nc1ccc(Cl)cc1C(=O)NC(C)C(=O)C(C)(C)C1OC(=O)C1C. The van der Waals surface area contributed by atoms with E-state index in [2.05, 4.69) is 10.6 Å². The number of hydrogen-bond donors (Lipinski definition) is 2. The molecule has 0 radical (unpaired) electrons. The van der Waals surface area contributed by atoms with Gasteiger partial charge >= 0.3 is 5.97 Å². The number of ether oxygens (including phenoxy) is 1. The third kappa shape index (κ3) is 4.30. The van der Waals surface area contributed by atoms with Gasteiger partial charge in [0.2, 0.25) is 5.91 Å². The van der Waals surface area contributed by atoms with E-state index in [0.717, 1.165) is 0 Å². The number of nitrogens with one attached hydrogen (secondary N) is 2. The average Bonchev–Trinajstić information content (AvgIpc) is 2.59. The zero-order valence-corrected chi connectivity index (χ0v) is 16.6. The molecule has 0 aliphatic carbocycles. The van der Waals surface area contributed by atoms with Gasteiger partial charge in [0.05, 0.1) is 28.6 Å². The second-order valence-corrected chi connectivity index (χ2v) is 7.73. The minimum absolute atomic E-state index is 0.151. The number of amides is 2. The number of Topliss-reactive ketones (excluding diaryl/α,β-unsaturated/α-hetero) is 1. The molecule has 3 atom stereocenters. The predicted molar refractivity (Wildman–Crippen MR) is 101 cm³/mol. The molecule has 1 fully saturated rings. The van der Waals surface area contributed by atoms with E-state index < -0.39 is 23.5 Å². The first-order valence-electron chi connectivity index (χ1n) is 8.58. The molecule has 1 aromatic rings. The Kier molecular flexibility index (Phi) is 5.94. The summed E-state index contributed by atoms with van der Waals surface area (Å²) < 4.78 is 5.12. The van der Waals surface area contributed by atoms with Gasteiger partial charge in [-0.2, -0.15) is 0 Å². The van der Waals surface area contributed by atoms with Crippen molar-refractivity contribution in [1.82, 2.24) is 5.32 Å².